The smallest absolute Gasteiger partial charge is 0.343 e. The number of aliphatic carboxylic acids is 1. The van der Waals surface area contributed by atoms with E-state index in [0.29, 0.717) is 36.0 Å². The number of hydrogen-bond donors (Lipinski definition) is 3. The van der Waals surface area contributed by atoms with Gasteiger partial charge >= 0.3 is 5.97 Å². The van der Waals surface area contributed by atoms with Crippen molar-refractivity contribution in [3.05, 3.63) is 27.8 Å². The molecule has 1 saturated heterocycles. The van der Waals surface area contributed by atoms with Crippen molar-refractivity contribution in [3.8, 4) is 0 Å². The third-order valence-electron chi connectivity index (χ3n) is 4.93. The highest BCUT2D eigenvalue weighted by Gasteiger charge is 2.38. The van der Waals surface area contributed by atoms with Gasteiger partial charge in [0.1, 0.15) is 10.4 Å². The van der Waals surface area contributed by atoms with Crippen LogP contribution in [-0.2, 0) is 16.0 Å². The van der Waals surface area contributed by atoms with E-state index in [-0.39, 0.29) is 29.4 Å². The zero-order valence-electron chi connectivity index (χ0n) is 15.9. The maximum absolute atomic E-state index is 12.5. The van der Waals surface area contributed by atoms with Crippen LogP contribution in [0, 0.1) is 0 Å². The maximum Gasteiger partial charge on any atom is 0.343 e. The number of nitrogens with zero attached hydrogens (tertiary/aromatic N) is 3. The highest BCUT2D eigenvalue weighted by atomic mass is 35.5. The van der Waals surface area contributed by atoms with E-state index >= 15 is 0 Å². The number of carboxylic acids is 1. The Morgan fingerprint density at radius 2 is 2.29 bits per heavy atom. The summed E-state index contributed by atoms with van der Waals surface area (Å²) in [4.78, 5) is 35.2. The van der Waals surface area contributed by atoms with Gasteiger partial charge in [0.2, 0.25) is 0 Å². The van der Waals surface area contributed by atoms with E-state index in [1.165, 1.54) is 11.8 Å². The molecular weight excluding hydrogens is 406 g/mol. The minimum atomic E-state index is -0.923. The Labute approximate surface area is 172 Å². The average molecular weight is 430 g/mol. The van der Waals surface area contributed by atoms with Crippen molar-refractivity contribution < 1.29 is 19.4 Å². The second kappa shape index (κ2) is 8.73. The van der Waals surface area contributed by atoms with Gasteiger partial charge in [0.25, 0.3) is 5.91 Å². The van der Waals surface area contributed by atoms with E-state index in [1.807, 2.05) is 18.9 Å². The summed E-state index contributed by atoms with van der Waals surface area (Å²) in [5.74, 6) is -1.04. The second-order valence-corrected chi connectivity index (χ2v) is 8.21. The van der Waals surface area contributed by atoms with Gasteiger partial charge in [0.05, 0.1) is 17.8 Å². The summed E-state index contributed by atoms with van der Waals surface area (Å²) in [5, 5.41) is 12.5. The van der Waals surface area contributed by atoms with Gasteiger partial charge in [-0.05, 0) is 12.8 Å². The molecule has 3 unspecified atom stereocenters. The lowest BCUT2D eigenvalue weighted by molar-refractivity contribution is -0.131. The van der Waals surface area contributed by atoms with Gasteiger partial charge in [-0.3, -0.25) is 9.69 Å². The lowest BCUT2D eigenvalue weighted by Crippen LogP contribution is -2.57. The van der Waals surface area contributed by atoms with Crippen LogP contribution in [0.2, 0.25) is 5.15 Å². The SMILES string of the molecule is CCc1[nH]c(C(=O)NC2CCN(C3SC(C(=O)O)=CN3C)CC2OC)nc1Cl. The molecule has 11 heteroatoms. The zero-order valence-corrected chi connectivity index (χ0v) is 17.5. The Hall–Kier alpha value is -1.75. The van der Waals surface area contributed by atoms with Crippen LogP contribution >= 0.6 is 23.4 Å². The lowest BCUT2D eigenvalue weighted by Gasteiger charge is -2.42. The number of likely N-dealkylation sites (tertiary alicyclic amines) is 1. The van der Waals surface area contributed by atoms with E-state index in [0.717, 1.165) is 5.69 Å². The molecule has 0 spiro atoms. The Balaban J connectivity index is 1.62. The summed E-state index contributed by atoms with van der Waals surface area (Å²) >= 11 is 7.33. The number of carbonyl (C=O) groups excluding carboxylic acids is 1. The van der Waals surface area contributed by atoms with Gasteiger partial charge < -0.3 is 25.0 Å². The molecule has 9 nitrogen and oxygen atoms in total. The minimum Gasteiger partial charge on any atom is -0.477 e. The van der Waals surface area contributed by atoms with E-state index < -0.39 is 5.97 Å². The number of imidazole rings is 1. The molecule has 2 aliphatic rings. The molecular formula is C17H24ClN5O4S. The molecule has 1 amide bonds. The predicted octanol–water partition coefficient (Wildman–Crippen LogP) is 1.33. The minimum absolute atomic E-state index is 0.101. The van der Waals surface area contributed by atoms with Crippen LogP contribution in [0.3, 0.4) is 0 Å². The summed E-state index contributed by atoms with van der Waals surface area (Å²) in [7, 11) is 3.47. The molecule has 3 N–H and O–H groups in total. The number of H-pyrrole nitrogens is 1. The van der Waals surface area contributed by atoms with Crippen LogP contribution in [0.25, 0.3) is 0 Å². The number of aryl methyl sites for hydroxylation is 1. The monoisotopic (exact) mass is 429 g/mol. The summed E-state index contributed by atoms with van der Waals surface area (Å²) in [5.41, 5.74) is 0.629. The molecule has 0 bridgehead atoms. The van der Waals surface area contributed by atoms with Crippen LogP contribution in [0.1, 0.15) is 29.7 Å². The number of hydrogen-bond acceptors (Lipinski definition) is 7. The highest BCUT2D eigenvalue weighted by molar-refractivity contribution is 8.04. The third kappa shape index (κ3) is 4.29. The van der Waals surface area contributed by atoms with Crippen molar-refractivity contribution in [3.63, 3.8) is 0 Å². The van der Waals surface area contributed by atoms with Crippen LogP contribution in [0.5, 0.6) is 0 Å². The molecule has 3 rings (SSSR count). The van der Waals surface area contributed by atoms with Gasteiger partial charge in [0.15, 0.2) is 11.0 Å². The van der Waals surface area contributed by atoms with Gasteiger partial charge in [-0.15, -0.1) is 0 Å². The van der Waals surface area contributed by atoms with E-state index in [4.69, 9.17) is 16.3 Å². The first-order valence-electron chi connectivity index (χ1n) is 8.99. The average Bonchev–Trinajstić information content (AvgIpc) is 3.24. The fourth-order valence-electron chi connectivity index (χ4n) is 3.43. The standard InChI is InChI=1S/C17H24ClN5O4S/c1-4-9-13(18)21-14(19-9)15(24)20-10-5-6-23(7-11(10)27-3)17-22(2)8-12(28-17)16(25)26/h8,10-11,17H,4-7H2,1-3H3,(H,19,21)(H,20,24)(H,25,26). The lowest BCUT2D eigenvalue weighted by atomic mass is 10.0. The number of methoxy groups -OCH3 is 1. The first-order valence-corrected chi connectivity index (χ1v) is 10.3. The zero-order chi connectivity index (χ0) is 20.4. The first kappa shape index (κ1) is 21.0. The topological polar surface area (TPSA) is 111 Å². The molecule has 28 heavy (non-hydrogen) atoms. The summed E-state index contributed by atoms with van der Waals surface area (Å²) in [6.45, 7) is 3.20. The molecule has 2 aliphatic heterocycles. The van der Waals surface area contributed by atoms with E-state index in [9.17, 15) is 14.7 Å². The molecule has 3 atom stereocenters. The molecule has 0 aliphatic carbocycles. The van der Waals surface area contributed by atoms with Crippen molar-refractivity contribution in [2.75, 3.05) is 27.2 Å². The Kier molecular flexibility index (Phi) is 6.54. The molecule has 0 aromatic carbocycles. The maximum atomic E-state index is 12.5. The number of ether oxygens (including phenoxy) is 1. The Morgan fingerprint density at radius 1 is 1.54 bits per heavy atom. The highest BCUT2D eigenvalue weighted by Crippen LogP contribution is 2.35. The number of rotatable bonds is 6. The number of carboxylic acid groups (broad SMARTS) is 1. The largest absolute Gasteiger partial charge is 0.477 e. The second-order valence-electron chi connectivity index (χ2n) is 6.75. The Morgan fingerprint density at radius 3 is 2.86 bits per heavy atom. The number of amides is 1. The first-order chi connectivity index (χ1) is 13.3. The number of aromatic amines is 1. The number of aromatic nitrogens is 2. The molecule has 154 valence electrons. The van der Waals surface area contributed by atoms with Gasteiger partial charge in [-0.25, -0.2) is 9.78 Å². The summed E-state index contributed by atoms with van der Waals surface area (Å²) < 4.78 is 5.62. The van der Waals surface area contributed by atoms with Crippen LogP contribution in [0.15, 0.2) is 11.1 Å². The molecule has 0 saturated carbocycles. The number of halogens is 1. The number of nitrogens with one attached hydrogen (secondary N) is 2. The number of piperidine rings is 1. The van der Waals surface area contributed by atoms with E-state index in [1.54, 1.807) is 13.3 Å². The predicted molar refractivity (Wildman–Crippen MR) is 106 cm³/mol. The summed E-state index contributed by atoms with van der Waals surface area (Å²) in [6.07, 6.45) is 2.75. The van der Waals surface area contributed by atoms with Crippen molar-refractivity contribution in [1.29, 1.82) is 0 Å². The summed E-state index contributed by atoms with van der Waals surface area (Å²) in [6, 6.07) is -0.175. The number of carbonyl (C=O) groups is 2. The normalized spacial score (nSPS) is 25.6. The van der Waals surface area contributed by atoms with Gasteiger partial charge in [0, 0.05) is 33.4 Å². The third-order valence-corrected chi connectivity index (χ3v) is 6.62. The van der Waals surface area contributed by atoms with Crippen LogP contribution in [0.4, 0.5) is 0 Å². The molecule has 3 heterocycles. The van der Waals surface area contributed by atoms with Crippen molar-refractivity contribution in [2.24, 2.45) is 0 Å². The molecule has 1 aromatic rings. The molecule has 0 radical (unpaired) electrons. The fraction of sp³-hybridized carbons (Fsp3) is 0.588. The fourth-order valence-corrected chi connectivity index (χ4v) is 4.81. The van der Waals surface area contributed by atoms with Crippen molar-refractivity contribution in [1.82, 2.24) is 25.1 Å². The van der Waals surface area contributed by atoms with Crippen molar-refractivity contribution in [2.45, 2.75) is 37.4 Å². The quantitative estimate of drug-likeness (QED) is 0.621. The van der Waals surface area contributed by atoms with Gasteiger partial charge in [-0.1, -0.05) is 30.3 Å². The van der Waals surface area contributed by atoms with Crippen LogP contribution < -0.4 is 5.32 Å². The van der Waals surface area contributed by atoms with Gasteiger partial charge in [-0.2, -0.15) is 0 Å². The molecule has 1 aromatic heterocycles. The Bertz CT molecular complexity index is 786. The molecule has 1 fully saturated rings. The van der Waals surface area contributed by atoms with Crippen LogP contribution in [-0.4, -0.2) is 81.6 Å². The van der Waals surface area contributed by atoms with E-state index in [2.05, 4.69) is 20.2 Å². The number of thioether (sulfide) groups is 1. The van der Waals surface area contributed by atoms with Crippen molar-refractivity contribution >= 4 is 35.2 Å².